The highest BCUT2D eigenvalue weighted by atomic mass is 32.2. The summed E-state index contributed by atoms with van der Waals surface area (Å²) >= 11 is 1.77. The minimum Gasteiger partial charge on any atom is -0.316 e. The van der Waals surface area contributed by atoms with Crippen molar-refractivity contribution in [2.24, 2.45) is 11.8 Å². The largest absolute Gasteiger partial charge is 0.316 e. The first kappa shape index (κ1) is 14.6. The van der Waals surface area contributed by atoms with Gasteiger partial charge in [-0.25, -0.2) is 8.42 Å². The fourth-order valence-electron chi connectivity index (χ4n) is 2.58. The van der Waals surface area contributed by atoms with E-state index in [0.29, 0.717) is 5.92 Å². The summed E-state index contributed by atoms with van der Waals surface area (Å²) in [5, 5.41) is 3.04. The Hall–Kier alpha value is 0.220. The number of thioether (sulfide) groups is 1. The van der Waals surface area contributed by atoms with Gasteiger partial charge in [-0.05, 0) is 24.9 Å². The van der Waals surface area contributed by atoms with Gasteiger partial charge in [-0.3, -0.25) is 4.90 Å². The lowest BCUT2D eigenvalue weighted by Gasteiger charge is -2.40. The molecule has 0 aliphatic carbocycles. The Bertz CT molecular complexity index is 368. The van der Waals surface area contributed by atoms with Crippen molar-refractivity contribution in [1.82, 2.24) is 10.2 Å². The van der Waals surface area contributed by atoms with Crippen molar-refractivity contribution in [1.29, 1.82) is 0 Å². The maximum absolute atomic E-state index is 12.1. The normalized spacial score (nSPS) is 28.9. The van der Waals surface area contributed by atoms with Gasteiger partial charge in [0.25, 0.3) is 0 Å². The van der Waals surface area contributed by atoms with Crippen molar-refractivity contribution >= 4 is 21.6 Å². The molecule has 0 bridgehead atoms. The third kappa shape index (κ3) is 3.21. The fraction of sp³-hybridized carbons (Fsp3) is 1.00. The van der Waals surface area contributed by atoms with Gasteiger partial charge in [0.1, 0.15) is 5.37 Å². The van der Waals surface area contributed by atoms with Gasteiger partial charge >= 0.3 is 0 Å². The molecule has 4 nitrogen and oxygen atoms in total. The Labute approximate surface area is 115 Å². The molecule has 0 radical (unpaired) electrons. The topological polar surface area (TPSA) is 49.4 Å². The fourth-order valence-corrected chi connectivity index (χ4v) is 5.67. The van der Waals surface area contributed by atoms with E-state index >= 15 is 0 Å². The Balaban J connectivity index is 1.99. The highest BCUT2D eigenvalue weighted by Crippen LogP contribution is 2.25. The molecular weight excluding hydrogens is 268 g/mol. The van der Waals surface area contributed by atoms with E-state index < -0.39 is 9.84 Å². The molecule has 2 aliphatic rings. The number of hydrogen-bond donors (Lipinski definition) is 1. The monoisotopic (exact) mass is 292 g/mol. The van der Waals surface area contributed by atoms with E-state index in [1.54, 1.807) is 18.7 Å². The standard InChI is InChI=1S/C12H24N2O2S2/c1-3-18(15,16)12-9-17-5-4-14(12)8-10(2)11-6-13-7-11/h10-13H,3-9H2,1-2H3. The first-order chi connectivity index (χ1) is 8.54. The van der Waals surface area contributed by atoms with Gasteiger partial charge < -0.3 is 5.32 Å². The smallest absolute Gasteiger partial charge is 0.166 e. The zero-order chi connectivity index (χ0) is 13.2. The molecule has 6 heteroatoms. The van der Waals surface area contributed by atoms with Crippen LogP contribution in [-0.4, -0.2) is 62.1 Å². The zero-order valence-electron chi connectivity index (χ0n) is 11.3. The lowest BCUT2D eigenvalue weighted by Crippen LogP contribution is -2.53. The van der Waals surface area contributed by atoms with Crippen LogP contribution in [0.5, 0.6) is 0 Å². The molecule has 2 unspecified atom stereocenters. The van der Waals surface area contributed by atoms with Crippen molar-refractivity contribution in [3.8, 4) is 0 Å². The third-order valence-corrected chi connectivity index (χ3v) is 7.48. The number of hydrogen-bond acceptors (Lipinski definition) is 5. The van der Waals surface area contributed by atoms with Gasteiger partial charge in [0.05, 0.1) is 0 Å². The second kappa shape index (κ2) is 6.11. The summed E-state index contributed by atoms with van der Waals surface area (Å²) < 4.78 is 24.3. The highest BCUT2D eigenvalue weighted by Gasteiger charge is 2.35. The van der Waals surface area contributed by atoms with Crippen molar-refractivity contribution in [2.45, 2.75) is 19.2 Å². The maximum Gasteiger partial charge on any atom is 0.166 e. The van der Waals surface area contributed by atoms with Crippen LogP contribution in [-0.2, 0) is 9.84 Å². The molecule has 0 amide bonds. The third-order valence-electron chi connectivity index (χ3n) is 4.15. The summed E-state index contributed by atoms with van der Waals surface area (Å²) in [5.74, 6) is 3.37. The molecule has 0 aromatic carbocycles. The van der Waals surface area contributed by atoms with Gasteiger partial charge in [0.15, 0.2) is 9.84 Å². The number of nitrogens with zero attached hydrogens (tertiary/aromatic N) is 1. The minimum atomic E-state index is -2.94. The van der Waals surface area contributed by atoms with Crippen LogP contribution in [0, 0.1) is 11.8 Å². The zero-order valence-corrected chi connectivity index (χ0v) is 12.9. The second-order valence-electron chi connectivity index (χ2n) is 5.37. The summed E-state index contributed by atoms with van der Waals surface area (Å²) in [6.45, 7) is 8.04. The van der Waals surface area contributed by atoms with E-state index in [1.807, 2.05) is 0 Å². The SMILES string of the molecule is CCS(=O)(=O)C1CSCCN1CC(C)C1CNC1. The summed E-state index contributed by atoms with van der Waals surface area (Å²) in [6, 6.07) is 0. The van der Waals surface area contributed by atoms with E-state index in [2.05, 4.69) is 17.1 Å². The van der Waals surface area contributed by atoms with Crippen LogP contribution in [0.1, 0.15) is 13.8 Å². The van der Waals surface area contributed by atoms with Crippen molar-refractivity contribution < 1.29 is 8.42 Å². The number of sulfone groups is 1. The molecular formula is C12H24N2O2S2. The molecule has 0 spiro atoms. The van der Waals surface area contributed by atoms with Crippen molar-refractivity contribution in [3.05, 3.63) is 0 Å². The Kier molecular flexibility index (Phi) is 4.97. The average Bonchev–Trinajstić information content (AvgIpc) is 2.27. The molecule has 2 saturated heterocycles. The molecule has 18 heavy (non-hydrogen) atoms. The molecule has 0 saturated carbocycles. The second-order valence-corrected chi connectivity index (χ2v) is 8.97. The van der Waals surface area contributed by atoms with Gasteiger partial charge in [0, 0.05) is 30.3 Å². The van der Waals surface area contributed by atoms with Crippen LogP contribution in [0.25, 0.3) is 0 Å². The quantitative estimate of drug-likeness (QED) is 0.806. The average molecular weight is 292 g/mol. The Morgan fingerprint density at radius 1 is 1.44 bits per heavy atom. The van der Waals surface area contributed by atoms with Crippen LogP contribution in [0.15, 0.2) is 0 Å². The molecule has 2 heterocycles. The first-order valence-electron chi connectivity index (χ1n) is 6.78. The van der Waals surface area contributed by atoms with E-state index in [4.69, 9.17) is 0 Å². The highest BCUT2D eigenvalue weighted by molar-refractivity contribution is 8.01. The lowest BCUT2D eigenvalue weighted by molar-refractivity contribution is 0.163. The van der Waals surface area contributed by atoms with E-state index in [1.165, 1.54) is 0 Å². The molecule has 2 aliphatic heterocycles. The predicted molar refractivity (Wildman–Crippen MR) is 77.7 cm³/mol. The van der Waals surface area contributed by atoms with E-state index in [9.17, 15) is 8.42 Å². The molecule has 2 atom stereocenters. The summed E-state index contributed by atoms with van der Waals surface area (Å²) in [7, 11) is -2.94. The summed E-state index contributed by atoms with van der Waals surface area (Å²) in [6.07, 6.45) is 0. The first-order valence-corrected chi connectivity index (χ1v) is 9.65. The van der Waals surface area contributed by atoms with E-state index in [-0.39, 0.29) is 11.1 Å². The van der Waals surface area contributed by atoms with Crippen molar-refractivity contribution in [2.75, 3.05) is 43.4 Å². The Morgan fingerprint density at radius 3 is 2.72 bits per heavy atom. The van der Waals surface area contributed by atoms with Crippen molar-refractivity contribution in [3.63, 3.8) is 0 Å². The molecule has 0 aromatic rings. The van der Waals surface area contributed by atoms with Gasteiger partial charge in [-0.1, -0.05) is 13.8 Å². The van der Waals surface area contributed by atoms with Crippen LogP contribution >= 0.6 is 11.8 Å². The van der Waals surface area contributed by atoms with Crippen LogP contribution < -0.4 is 5.32 Å². The molecule has 1 N–H and O–H groups in total. The summed E-state index contributed by atoms with van der Waals surface area (Å²) in [5.41, 5.74) is 0. The number of rotatable bonds is 5. The molecule has 106 valence electrons. The lowest BCUT2D eigenvalue weighted by atomic mass is 9.88. The van der Waals surface area contributed by atoms with Gasteiger partial charge in [-0.15, -0.1) is 0 Å². The van der Waals surface area contributed by atoms with Crippen LogP contribution in [0.3, 0.4) is 0 Å². The minimum absolute atomic E-state index is 0.253. The molecule has 2 fully saturated rings. The van der Waals surface area contributed by atoms with Crippen LogP contribution in [0.2, 0.25) is 0 Å². The van der Waals surface area contributed by atoms with Gasteiger partial charge in [0.2, 0.25) is 0 Å². The maximum atomic E-state index is 12.1. The molecule has 0 aromatic heterocycles. The predicted octanol–water partition coefficient (Wildman–Crippen LogP) is 0.652. The summed E-state index contributed by atoms with van der Waals surface area (Å²) in [4.78, 5) is 2.21. The number of nitrogens with one attached hydrogen (secondary N) is 1. The molecule has 2 rings (SSSR count). The van der Waals surface area contributed by atoms with Gasteiger partial charge in [-0.2, -0.15) is 11.8 Å². The van der Waals surface area contributed by atoms with Crippen LogP contribution in [0.4, 0.5) is 0 Å². The van der Waals surface area contributed by atoms with E-state index in [0.717, 1.165) is 43.6 Å². The Morgan fingerprint density at radius 2 is 2.17 bits per heavy atom.